The van der Waals surface area contributed by atoms with Gasteiger partial charge in [-0.05, 0) is 75.8 Å². The Morgan fingerprint density at radius 3 is 2.43 bits per heavy atom. The highest BCUT2D eigenvalue weighted by Crippen LogP contribution is 2.61. The van der Waals surface area contributed by atoms with E-state index in [9.17, 15) is 14.7 Å². The molecule has 1 N–H and O–H groups in total. The average molecular weight is 497 g/mol. The molecule has 0 radical (unpaired) electrons. The summed E-state index contributed by atoms with van der Waals surface area (Å²) >= 11 is 6.74. The number of aromatic nitrogens is 2. The SMILES string of the molecule is Cc1ccc(N2CCN(c3cnn(C45C[C@@H]6CC(C[C@H](C6)C4)[C@@H]5C(=O)O)c(=O)c3Cl)C[C@@H]2C)cc1. The van der Waals surface area contributed by atoms with Crippen molar-refractivity contribution in [2.45, 2.75) is 57.5 Å². The molecule has 8 heteroatoms. The minimum Gasteiger partial charge on any atom is -0.481 e. The van der Waals surface area contributed by atoms with E-state index >= 15 is 0 Å². The van der Waals surface area contributed by atoms with Crippen molar-refractivity contribution in [1.29, 1.82) is 0 Å². The van der Waals surface area contributed by atoms with Crippen molar-refractivity contribution in [3.63, 3.8) is 0 Å². The first kappa shape index (κ1) is 22.9. The van der Waals surface area contributed by atoms with Crippen molar-refractivity contribution in [2.24, 2.45) is 23.7 Å². The molecule has 1 aliphatic heterocycles. The van der Waals surface area contributed by atoms with Crippen LogP contribution >= 0.6 is 11.6 Å². The quantitative estimate of drug-likeness (QED) is 0.685. The second kappa shape index (κ2) is 8.26. The number of carboxylic acids is 1. The number of rotatable bonds is 4. The van der Waals surface area contributed by atoms with Crippen molar-refractivity contribution < 1.29 is 9.90 Å². The molecule has 0 unspecified atom stereocenters. The third kappa shape index (κ3) is 3.57. The Morgan fingerprint density at radius 1 is 1.11 bits per heavy atom. The summed E-state index contributed by atoms with van der Waals surface area (Å²) in [7, 11) is 0. The van der Waals surface area contributed by atoms with Gasteiger partial charge in [0.05, 0.1) is 23.3 Å². The largest absolute Gasteiger partial charge is 0.481 e. The van der Waals surface area contributed by atoms with Gasteiger partial charge in [-0.2, -0.15) is 5.10 Å². The van der Waals surface area contributed by atoms with Crippen molar-refractivity contribution in [2.75, 3.05) is 29.4 Å². The van der Waals surface area contributed by atoms with Gasteiger partial charge in [-0.3, -0.25) is 9.59 Å². The number of carboxylic acid groups (broad SMARTS) is 1. The minimum absolute atomic E-state index is 0.126. The van der Waals surface area contributed by atoms with E-state index in [1.165, 1.54) is 15.9 Å². The smallest absolute Gasteiger partial charge is 0.309 e. The molecule has 4 bridgehead atoms. The second-order valence-corrected chi connectivity index (χ2v) is 11.8. The summed E-state index contributed by atoms with van der Waals surface area (Å²) in [5.74, 6) is -0.289. The number of nitrogens with zero attached hydrogens (tertiary/aromatic N) is 4. The highest BCUT2D eigenvalue weighted by molar-refractivity contribution is 6.33. The summed E-state index contributed by atoms with van der Waals surface area (Å²) in [6.07, 6.45) is 6.19. The number of hydrogen-bond acceptors (Lipinski definition) is 5. The normalized spacial score (nSPS) is 33.9. The van der Waals surface area contributed by atoms with E-state index in [1.807, 2.05) is 0 Å². The monoisotopic (exact) mass is 496 g/mol. The Balaban J connectivity index is 1.29. The van der Waals surface area contributed by atoms with Crippen LogP contribution in [0.5, 0.6) is 0 Å². The molecule has 4 aliphatic carbocycles. The van der Waals surface area contributed by atoms with Crippen LogP contribution in [0.2, 0.25) is 5.02 Å². The summed E-state index contributed by atoms with van der Waals surface area (Å²) in [6.45, 7) is 6.55. The van der Waals surface area contributed by atoms with Crippen LogP contribution in [0.1, 0.15) is 44.6 Å². The van der Waals surface area contributed by atoms with Crippen LogP contribution < -0.4 is 15.4 Å². The minimum atomic E-state index is -0.802. The molecule has 7 rings (SSSR count). The zero-order chi connectivity index (χ0) is 24.5. The predicted octanol–water partition coefficient (Wildman–Crippen LogP) is 4.16. The molecule has 5 aliphatic rings. The third-order valence-corrected chi connectivity index (χ3v) is 9.55. The van der Waals surface area contributed by atoms with Gasteiger partial charge in [0.15, 0.2) is 0 Å². The van der Waals surface area contributed by atoms with E-state index in [0.717, 1.165) is 38.9 Å². The lowest BCUT2D eigenvalue weighted by Crippen LogP contribution is -2.63. The lowest BCUT2D eigenvalue weighted by molar-refractivity contribution is -0.168. The van der Waals surface area contributed by atoms with E-state index in [-0.39, 0.29) is 22.5 Å². The molecule has 2 aromatic rings. The topological polar surface area (TPSA) is 78.7 Å². The molecule has 2 heterocycles. The van der Waals surface area contributed by atoms with Gasteiger partial charge in [-0.15, -0.1) is 0 Å². The maximum Gasteiger partial charge on any atom is 0.309 e. The first-order valence-electron chi connectivity index (χ1n) is 12.9. The number of halogens is 1. The van der Waals surface area contributed by atoms with Crippen LogP contribution in [0.4, 0.5) is 11.4 Å². The van der Waals surface area contributed by atoms with Gasteiger partial charge in [0.2, 0.25) is 0 Å². The van der Waals surface area contributed by atoms with Gasteiger partial charge in [0.25, 0.3) is 5.56 Å². The summed E-state index contributed by atoms with van der Waals surface area (Å²) in [4.78, 5) is 30.6. The van der Waals surface area contributed by atoms with E-state index in [1.54, 1.807) is 6.20 Å². The first-order valence-corrected chi connectivity index (χ1v) is 13.2. The predicted molar refractivity (Wildman–Crippen MR) is 136 cm³/mol. The summed E-state index contributed by atoms with van der Waals surface area (Å²) in [6, 6.07) is 8.81. The first-order chi connectivity index (χ1) is 16.8. The van der Waals surface area contributed by atoms with Crippen LogP contribution in [0, 0.1) is 30.6 Å². The van der Waals surface area contributed by atoms with Crippen LogP contribution in [-0.2, 0) is 10.3 Å². The molecule has 186 valence electrons. The maximum absolute atomic E-state index is 13.7. The number of aliphatic carboxylic acids is 1. The Labute approximate surface area is 210 Å². The summed E-state index contributed by atoms with van der Waals surface area (Å²) in [5.41, 5.74) is 1.99. The van der Waals surface area contributed by atoms with Gasteiger partial charge < -0.3 is 14.9 Å². The van der Waals surface area contributed by atoms with Gasteiger partial charge in [-0.25, -0.2) is 4.68 Å². The molecule has 4 saturated carbocycles. The zero-order valence-corrected chi connectivity index (χ0v) is 21.1. The molecule has 1 aromatic heterocycles. The molecule has 5 fully saturated rings. The van der Waals surface area contributed by atoms with E-state index in [4.69, 9.17) is 11.6 Å². The van der Waals surface area contributed by atoms with Crippen LogP contribution in [-0.4, -0.2) is 46.5 Å². The summed E-state index contributed by atoms with van der Waals surface area (Å²) < 4.78 is 1.48. The number of carbonyl (C=O) groups is 1. The van der Waals surface area contributed by atoms with Crippen molar-refractivity contribution in [1.82, 2.24) is 9.78 Å². The fraction of sp³-hybridized carbons (Fsp3) is 0.593. The molecule has 4 atom stereocenters. The molecular formula is C27H33ClN4O3. The molecule has 0 amide bonds. The van der Waals surface area contributed by atoms with Crippen LogP contribution in [0.15, 0.2) is 35.3 Å². The highest BCUT2D eigenvalue weighted by atomic mass is 35.5. The van der Waals surface area contributed by atoms with Gasteiger partial charge in [0.1, 0.15) is 5.02 Å². The highest BCUT2D eigenvalue weighted by Gasteiger charge is 2.61. The van der Waals surface area contributed by atoms with Crippen molar-refractivity contribution >= 4 is 28.9 Å². The maximum atomic E-state index is 13.7. The Kier molecular flexibility index (Phi) is 5.40. The van der Waals surface area contributed by atoms with Crippen molar-refractivity contribution in [3.05, 3.63) is 51.4 Å². The lowest BCUT2D eigenvalue weighted by Gasteiger charge is -2.59. The lowest BCUT2D eigenvalue weighted by atomic mass is 9.48. The molecule has 0 spiro atoms. The van der Waals surface area contributed by atoms with Crippen molar-refractivity contribution in [3.8, 4) is 0 Å². The third-order valence-electron chi connectivity index (χ3n) is 9.20. The van der Waals surface area contributed by atoms with Gasteiger partial charge >= 0.3 is 5.97 Å². The standard InChI is InChI=1S/C27H33ClN4O3/c1-16-3-5-21(6-4-16)31-8-7-30(15-17(31)2)22-14-29-32(25(33)24(22)28)27-12-18-9-19(13-27)11-20(10-18)23(27)26(34)35/h3-6,14,17-20,23H,7-13,15H2,1-2H3,(H,34,35)/t17-,18-,19-,20?,23+,27?/m0/s1. The van der Waals surface area contributed by atoms with Crippen LogP contribution in [0.25, 0.3) is 0 Å². The number of benzene rings is 1. The zero-order valence-electron chi connectivity index (χ0n) is 20.4. The number of piperazine rings is 1. The molecule has 35 heavy (non-hydrogen) atoms. The Bertz CT molecular complexity index is 1200. The van der Waals surface area contributed by atoms with Crippen LogP contribution in [0.3, 0.4) is 0 Å². The number of anilines is 2. The van der Waals surface area contributed by atoms with Gasteiger partial charge in [0, 0.05) is 31.4 Å². The fourth-order valence-corrected chi connectivity index (χ4v) is 8.24. The molecule has 1 saturated heterocycles. The Morgan fingerprint density at radius 2 is 1.80 bits per heavy atom. The van der Waals surface area contributed by atoms with E-state index in [2.05, 4.69) is 53.0 Å². The summed E-state index contributed by atoms with van der Waals surface area (Å²) in [5, 5.41) is 15.0. The molecule has 7 nitrogen and oxygen atoms in total. The second-order valence-electron chi connectivity index (χ2n) is 11.4. The molecule has 1 aromatic carbocycles. The fourth-order valence-electron chi connectivity index (χ4n) is 7.99. The number of aryl methyl sites for hydroxylation is 1. The average Bonchev–Trinajstić information content (AvgIpc) is 2.80. The Hall–Kier alpha value is -2.54. The number of hydrogen-bond donors (Lipinski definition) is 1. The van der Waals surface area contributed by atoms with E-state index < -0.39 is 17.4 Å². The molecular weight excluding hydrogens is 464 g/mol. The van der Waals surface area contributed by atoms with E-state index in [0.29, 0.717) is 30.4 Å². The van der Waals surface area contributed by atoms with Gasteiger partial charge in [-0.1, -0.05) is 29.3 Å².